The summed E-state index contributed by atoms with van der Waals surface area (Å²) in [4.78, 5) is 23.2. The predicted molar refractivity (Wildman–Crippen MR) is 78.1 cm³/mol. The smallest absolute Gasteiger partial charge is 0.220 e. The van der Waals surface area contributed by atoms with Crippen molar-refractivity contribution in [3.8, 4) is 0 Å². The van der Waals surface area contributed by atoms with Crippen LogP contribution >= 0.6 is 0 Å². The van der Waals surface area contributed by atoms with Crippen LogP contribution in [0.25, 0.3) is 0 Å². The zero-order valence-electron chi connectivity index (χ0n) is 12.7. The van der Waals surface area contributed by atoms with Crippen molar-refractivity contribution in [1.82, 2.24) is 10.6 Å². The van der Waals surface area contributed by atoms with Gasteiger partial charge in [0, 0.05) is 31.5 Å². The van der Waals surface area contributed by atoms with Crippen LogP contribution in [0.3, 0.4) is 0 Å². The Kier molecular flexibility index (Phi) is 7.59. The van der Waals surface area contributed by atoms with Gasteiger partial charge in [0.25, 0.3) is 0 Å². The minimum atomic E-state index is 0.0104. The van der Waals surface area contributed by atoms with Gasteiger partial charge in [-0.05, 0) is 51.9 Å². The Labute approximate surface area is 121 Å². The zero-order valence-corrected chi connectivity index (χ0v) is 12.7. The van der Waals surface area contributed by atoms with E-state index in [2.05, 4.69) is 10.6 Å². The lowest BCUT2D eigenvalue weighted by molar-refractivity contribution is -0.123. The molecule has 116 valence electrons. The number of rotatable bonds is 7. The van der Waals surface area contributed by atoms with E-state index in [1.54, 1.807) is 0 Å². The average molecular weight is 284 g/mol. The molecular weight excluding hydrogens is 256 g/mol. The minimum absolute atomic E-state index is 0.0104. The van der Waals surface area contributed by atoms with Gasteiger partial charge in [-0.3, -0.25) is 9.59 Å². The maximum atomic E-state index is 11.8. The molecular formula is C15H28N2O3. The van der Waals surface area contributed by atoms with Crippen molar-refractivity contribution in [3.05, 3.63) is 0 Å². The van der Waals surface area contributed by atoms with Gasteiger partial charge in [0.1, 0.15) is 0 Å². The Bertz CT molecular complexity index is 310. The van der Waals surface area contributed by atoms with E-state index in [1.807, 2.05) is 13.8 Å². The Hall–Kier alpha value is -1.10. The molecule has 0 saturated heterocycles. The zero-order chi connectivity index (χ0) is 15.0. The van der Waals surface area contributed by atoms with Crippen molar-refractivity contribution in [3.63, 3.8) is 0 Å². The highest BCUT2D eigenvalue weighted by Gasteiger charge is 2.21. The Morgan fingerprint density at radius 3 is 2.25 bits per heavy atom. The molecule has 0 aromatic heterocycles. The molecule has 3 N–H and O–H groups in total. The fraction of sp³-hybridized carbons (Fsp3) is 0.867. The van der Waals surface area contributed by atoms with Crippen molar-refractivity contribution in [2.24, 2.45) is 5.92 Å². The molecule has 1 aliphatic carbocycles. The van der Waals surface area contributed by atoms with E-state index in [-0.39, 0.29) is 30.5 Å². The molecule has 1 aliphatic rings. The van der Waals surface area contributed by atoms with Crippen molar-refractivity contribution < 1.29 is 14.7 Å². The predicted octanol–water partition coefficient (Wildman–Crippen LogP) is 1.35. The van der Waals surface area contributed by atoms with Gasteiger partial charge in [0.15, 0.2) is 0 Å². The van der Waals surface area contributed by atoms with E-state index < -0.39 is 0 Å². The van der Waals surface area contributed by atoms with E-state index in [0.717, 1.165) is 25.7 Å². The van der Waals surface area contributed by atoms with Gasteiger partial charge in [0.2, 0.25) is 11.8 Å². The number of aliphatic hydroxyl groups is 1. The molecule has 1 saturated carbocycles. The maximum Gasteiger partial charge on any atom is 0.220 e. The quantitative estimate of drug-likeness (QED) is 0.660. The van der Waals surface area contributed by atoms with Crippen molar-refractivity contribution >= 4 is 11.8 Å². The molecule has 0 aromatic rings. The number of carbonyl (C=O) groups is 2. The monoisotopic (exact) mass is 284 g/mol. The third-order valence-corrected chi connectivity index (χ3v) is 3.73. The van der Waals surface area contributed by atoms with Crippen LogP contribution in [0.5, 0.6) is 0 Å². The van der Waals surface area contributed by atoms with Crippen LogP contribution in [0.15, 0.2) is 0 Å². The van der Waals surface area contributed by atoms with Gasteiger partial charge in [-0.25, -0.2) is 0 Å². The van der Waals surface area contributed by atoms with Gasteiger partial charge in [-0.15, -0.1) is 0 Å². The summed E-state index contributed by atoms with van der Waals surface area (Å²) in [5, 5.41) is 14.9. The molecule has 0 spiro atoms. The van der Waals surface area contributed by atoms with Crippen LogP contribution in [0.2, 0.25) is 0 Å². The van der Waals surface area contributed by atoms with E-state index in [1.165, 1.54) is 0 Å². The standard InChI is InChI=1S/C15H28N2O3/c1-11(2)16-14(19)4-3-5-15(20)17-13-8-6-12(10-18)7-9-13/h11-13,18H,3-10H2,1-2H3,(H,16,19)(H,17,20). The van der Waals surface area contributed by atoms with Crippen LogP contribution < -0.4 is 10.6 Å². The first-order valence-corrected chi connectivity index (χ1v) is 7.70. The number of carbonyl (C=O) groups excluding carboxylic acids is 2. The second-order valence-corrected chi connectivity index (χ2v) is 6.04. The molecule has 20 heavy (non-hydrogen) atoms. The molecule has 0 bridgehead atoms. The lowest BCUT2D eigenvalue weighted by Gasteiger charge is -2.27. The normalized spacial score (nSPS) is 22.6. The minimum Gasteiger partial charge on any atom is -0.396 e. The molecule has 0 atom stereocenters. The van der Waals surface area contributed by atoms with E-state index in [9.17, 15) is 9.59 Å². The third-order valence-electron chi connectivity index (χ3n) is 3.73. The molecule has 0 radical (unpaired) electrons. The van der Waals surface area contributed by atoms with E-state index >= 15 is 0 Å². The van der Waals surface area contributed by atoms with E-state index in [4.69, 9.17) is 5.11 Å². The summed E-state index contributed by atoms with van der Waals surface area (Å²) in [6, 6.07) is 0.396. The second kappa shape index (κ2) is 8.95. The first-order chi connectivity index (χ1) is 9.51. The fourth-order valence-corrected chi connectivity index (χ4v) is 2.59. The molecule has 0 unspecified atom stereocenters. The molecule has 1 rings (SSSR count). The Balaban J connectivity index is 2.10. The summed E-state index contributed by atoms with van der Waals surface area (Å²) in [5.41, 5.74) is 0. The molecule has 1 fully saturated rings. The average Bonchev–Trinajstić information content (AvgIpc) is 2.38. The van der Waals surface area contributed by atoms with Crippen LogP contribution in [-0.4, -0.2) is 35.6 Å². The summed E-state index contributed by atoms with van der Waals surface area (Å²) in [6.45, 7) is 4.10. The topological polar surface area (TPSA) is 78.4 Å². The lowest BCUT2D eigenvalue weighted by atomic mass is 9.86. The molecule has 0 heterocycles. The summed E-state index contributed by atoms with van der Waals surface area (Å²) in [6.07, 6.45) is 5.27. The van der Waals surface area contributed by atoms with Gasteiger partial charge in [0.05, 0.1) is 0 Å². The highest BCUT2D eigenvalue weighted by atomic mass is 16.3. The third kappa shape index (κ3) is 6.89. The Morgan fingerprint density at radius 2 is 1.70 bits per heavy atom. The fourth-order valence-electron chi connectivity index (χ4n) is 2.59. The van der Waals surface area contributed by atoms with Crippen LogP contribution in [-0.2, 0) is 9.59 Å². The molecule has 5 heteroatoms. The molecule has 0 aliphatic heterocycles. The van der Waals surface area contributed by atoms with E-state index in [0.29, 0.717) is 25.2 Å². The number of amides is 2. The van der Waals surface area contributed by atoms with Crippen LogP contribution in [0.4, 0.5) is 0 Å². The number of hydrogen-bond acceptors (Lipinski definition) is 3. The first-order valence-electron chi connectivity index (χ1n) is 7.70. The van der Waals surface area contributed by atoms with Gasteiger partial charge in [-0.2, -0.15) is 0 Å². The van der Waals surface area contributed by atoms with Crippen molar-refractivity contribution in [2.45, 2.75) is 70.9 Å². The summed E-state index contributed by atoms with van der Waals surface area (Å²) < 4.78 is 0. The highest BCUT2D eigenvalue weighted by Crippen LogP contribution is 2.23. The number of nitrogens with one attached hydrogen (secondary N) is 2. The SMILES string of the molecule is CC(C)NC(=O)CCCC(=O)NC1CCC(CO)CC1. The summed E-state index contributed by atoms with van der Waals surface area (Å²) in [5.74, 6) is 0.453. The Morgan fingerprint density at radius 1 is 1.10 bits per heavy atom. The van der Waals surface area contributed by atoms with Gasteiger partial charge < -0.3 is 15.7 Å². The first kappa shape index (κ1) is 17.0. The summed E-state index contributed by atoms with van der Waals surface area (Å²) in [7, 11) is 0. The lowest BCUT2D eigenvalue weighted by Crippen LogP contribution is -2.38. The number of hydrogen-bond donors (Lipinski definition) is 3. The van der Waals surface area contributed by atoms with Gasteiger partial charge >= 0.3 is 0 Å². The van der Waals surface area contributed by atoms with Crippen LogP contribution in [0, 0.1) is 5.92 Å². The van der Waals surface area contributed by atoms with Gasteiger partial charge in [-0.1, -0.05) is 0 Å². The van der Waals surface area contributed by atoms with Crippen LogP contribution in [0.1, 0.15) is 58.8 Å². The number of aliphatic hydroxyl groups excluding tert-OH is 1. The molecule has 5 nitrogen and oxygen atoms in total. The van der Waals surface area contributed by atoms with Crippen molar-refractivity contribution in [2.75, 3.05) is 6.61 Å². The second-order valence-electron chi connectivity index (χ2n) is 6.04. The summed E-state index contributed by atoms with van der Waals surface area (Å²) >= 11 is 0. The maximum absolute atomic E-state index is 11.8. The largest absolute Gasteiger partial charge is 0.396 e. The molecule has 0 aromatic carbocycles. The molecule has 2 amide bonds. The highest BCUT2D eigenvalue weighted by molar-refractivity contribution is 5.79. The van der Waals surface area contributed by atoms with Crippen molar-refractivity contribution in [1.29, 1.82) is 0 Å².